The fourth-order valence-electron chi connectivity index (χ4n) is 5.57. The largest absolute Gasteiger partial charge is 0.451 e. The van der Waals surface area contributed by atoms with Crippen molar-refractivity contribution in [3.63, 3.8) is 0 Å². The lowest BCUT2D eigenvalue weighted by molar-refractivity contribution is -0.144. The maximum atomic E-state index is 13.8. The van der Waals surface area contributed by atoms with Crippen molar-refractivity contribution in [2.45, 2.75) is 63.6 Å². The zero-order valence-corrected chi connectivity index (χ0v) is 23.2. The molecule has 0 bridgehead atoms. The first-order valence-electron chi connectivity index (χ1n) is 14.1. The number of anilines is 2. The van der Waals surface area contributed by atoms with E-state index in [1.807, 2.05) is 17.0 Å². The van der Waals surface area contributed by atoms with Crippen LogP contribution in [0.3, 0.4) is 0 Å². The van der Waals surface area contributed by atoms with Crippen LogP contribution in [0.2, 0.25) is 0 Å². The Morgan fingerprint density at radius 3 is 2.54 bits per heavy atom. The highest BCUT2D eigenvalue weighted by Crippen LogP contribution is 2.34. The van der Waals surface area contributed by atoms with E-state index in [1.54, 1.807) is 30.1 Å². The lowest BCUT2D eigenvalue weighted by atomic mass is 9.91. The van der Waals surface area contributed by atoms with Crippen LogP contribution in [0.5, 0.6) is 0 Å². The Kier molecular flexibility index (Phi) is 10.0. The summed E-state index contributed by atoms with van der Waals surface area (Å²) in [5.41, 5.74) is 1.36. The van der Waals surface area contributed by atoms with Crippen molar-refractivity contribution in [3.8, 4) is 0 Å². The van der Waals surface area contributed by atoms with Crippen molar-refractivity contribution in [1.82, 2.24) is 20.6 Å². The van der Waals surface area contributed by atoms with Crippen molar-refractivity contribution < 1.29 is 22.8 Å². The van der Waals surface area contributed by atoms with E-state index in [0.29, 0.717) is 63.5 Å². The molecule has 2 N–H and O–H groups in total. The van der Waals surface area contributed by atoms with Gasteiger partial charge in [-0.05, 0) is 56.4 Å². The van der Waals surface area contributed by atoms with E-state index in [1.165, 1.54) is 0 Å². The van der Waals surface area contributed by atoms with Crippen LogP contribution in [0, 0.1) is 12.5 Å². The molecular weight excluding hydrogens is 535 g/mol. The fourth-order valence-corrected chi connectivity index (χ4v) is 5.57. The molecule has 0 aliphatic carbocycles. The molecule has 2 amide bonds. The van der Waals surface area contributed by atoms with E-state index in [-0.39, 0.29) is 23.5 Å². The van der Waals surface area contributed by atoms with Gasteiger partial charge in [-0.15, -0.1) is 0 Å². The van der Waals surface area contributed by atoms with Gasteiger partial charge in [0.2, 0.25) is 17.6 Å². The second-order valence-electron chi connectivity index (χ2n) is 10.5. The molecule has 220 valence electrons. The van der Waals surface area contributed by atoms with Gasteiger partial charge in [0, 0.05) is 45.7 Å². The van der Waals surface area contributed by atoms with Gasteiger partial charge in [0.05, 0.1) is 6.57 Å². The molecule has 2 aliphatic heterocycles. The number of hydrogen-bond acceptors (Lipinski definition) is 6. The van der Waals surface area contributed by atoms with Gasteiger partial charge >= 0.3 is 6.18 Å². The van der Waals surface area contributed by atoms with E-state index < -0.39 is 18.0 Å². The highest BCUT2D eigenvalue weighted by molar-refractivity contribution is 5.85. The number of nitrogens with one attached hydrogen (secondary N) is 2. The third-order valence-corrected chi connectivity index (χ3v) is 7.84. The van der Waals surface area contributed by atoms with Crippen LogP contribution in [0.25, 0.3) is 4.85 Å². The lowest BCUT2D eigenvalue weighted by Crippen LogP contribution is -2.44. The summed E-state index contributed by atoms with van der Waals surface area (Å²) in [4.78, 5) is 39.3. The first-order valence-corrected chi connectivity index (χ1v) is 14.1. The van der Waals surface area contributed by atoms with Crippen LogP contribution in [0.4, 0.5) is 30.5 Å². The topological polar surface area (TPSA) is 94.8 Å². The molecule has 0 radical (unpaired) electrons. The molecule has 4 rings (SSSR count). The minimum Gasteiger partial charge on any atom is -0.359 e. The fraction of sp³-hybridized carbons (Fsp3) is 0.552. The Bertz CT molecular complexity index is 1260. The number of hydrogen-bond donors (Lipinski definition) is 2. The Labute approximate surface area is 238 Å². The second kappa shape index (κ2) is 13.7. The van der Waals surface area contributed by atoms with Crippen LogP contribution in [0.1, 0.15) is 56.3 Å². The van der Waals surface area contributed by atoms with E-state index in [2.05, 4.69) is 25.4 Å². The molecule has 0 unspecified atom stereocenters. The number of amides is 2. The monoisotopic (exact) mass is 571 g/mol. The highest BCUT2D eigenvalue weighted by atomic mass is 19.4. The minimum atomic E-state index is -4.73. The summed E-state index contributed by atoms with van der Waals surface area (Å²) in [7, 11) is 1.61. The van der Waals surface area contributed by atoms with Gasteiger partial charge in [0.25, 0.3) is 0 Å². The normalized spacial score (nSPS) is 17.8. The summed E-state index contributed by atoms with van der Waals surface area (Å²) >= 11 is 0. The van der Waals surface area contributed by atoms with E-state index in [0.717, 1.165) is 31.2 Å². The number of piperidine rings is 1. The van der Waals surface area contributed by atoms with Crippen molar-refractivity contribution in [3.05, 3.63) is 53.1 Å². The molecular formula is C29H36F3N7O2. The zero-order chi connectivity index (χ0) is 29.4. The lowest BCUT2D eigenvalue weighted by Gasteiger charge is -2.34. The summed E-state index contributed by atoms with van der Waals surface area (Å²) < 4.78 is 41.5. The molecule has 0 spiro atoms. The number of benzene rings is 1. The zero-order valence-electron chi connectivity index (χ0n) is 23.2. The van der Waals surface area contributed by atoms with Crippen LogP contribution in [-0.4, -0.2) is 61.1 Å². The molecule has 2 aromatic rings. The number of carbonyl (C=O) groups excluding carboxylic acids is 2. The number of nitrogens with zero attached hydrogens (tertiary/aromatic N) is 5. The van der Waals surface area contributed by atoms with E-state index >= 15 is 0 Å². The average Bonchev–Trinajstić information content (AvgIpc) is 3.47. The van der Waals surface area contributed by atoms with E-state index in [9.17, 15) is 22.8 Å². The summed E-state index contributed by atoms with van der Waals surface area (Å²) in [6.45, 7) is 9.15. The minimum absolute atomic E-state index is 0.00922. The first kappa shape index (κ1) is 30.1. The third-order valence-electron chi connectivity index (χ3n) is 7.84. The molecule has 1 atom stereocenters. The number of rotatable bonds is 10. The molecule has 2 aliphatic rings. The first-order chi connectivity index (χ1) is 19.7. The molecule has 2 saturated heterocycles. The van der Waals surface area contributed by atoms with Gasteiger partial charge < -0.3 is 20.4 Å². The van der Waals surface area contributed by atoms with Crippen molar-refractivity contribution in [1.29, 1.82) is 0 Å². The molecule has 0 saturated carbocycles. The Morgan fingerprint density at radius 1 is 1.10 bits per heavy atom. The van der Waals surface area contributed by atoms with Gasteiger partial charge in [0.1, 0.15) is 17.7 Å². The van der Waals surface area contributed by atoms with Gasteiger partial charge in [-0.25, -0.2) is 14.8 Å². The predicted molar refractivity (Wildman–Crippen MR) is 150 cm³/mol. The maximum absolute atomic E-state index is 13.8. The molecule has 1 aromatic heterocycles. The van der Waals surface area contributed by atoms with Crippen molar-refractivity contribution >= 4 is 29.1 Å². The Balaban J connectivity index is 1.42. The SMILES string of the molecule is [C-]#[N+]c1ccccc1CCNC(=O)[C@@H]1CCCN1c1cc(N2CCC(CCCC(=O)NC)CC2)nc(C(F)(F)F)n1. The van der Waals surface area contributed by atoms with Gasteiger partial charge in [-0.2, -0.15) is 13.2 Å². The number of carbonyl (C=O) groups is 2. The molecule has 12 heteroatoms. The number of para-hydroxylation sites is 1. The van der Waals surface area contributed by atoms with Gasteiger partial charge in [0.15, 0.2) is 5.69 Å². The van der Waals surface area contributed by atoms with E-state index in [4.69, 9.17) is 6.57 Å². The predicted octanol–water partition coefficient (Wildman–Crippen LogP) is 4.51. The molecule has 1 aromatic carbocycles. The summed E-state index contributed by atoms with van der Waals surface area (Å²) in [5, 5.41) is 5.51. The second-order valence-corrected chi connectivity index (χ2v) is 10.5. The highest BCUT2D eigenvalue weighted by Gasteiger charge is 2.38. The van der Waals surface area contributed by atoms with Crippen molar-refractivity contribution in [2.24, 2.45) is 5.92 Å². The van der Waals surface area contributed by atoms with Crippen LogP contribution in [-0.2, 0) is 22.2 Å². The third kappa shape index (κ3) is 7.86. The van der Waals surface area contributed by atoms with Crippen LogP contribution >= 0.6 is 0 Å². The summed E-state index contributed by atoms with van der Waals surface area (Å²) in [5.74, 6) is -0.741. The maximum Gasteiger partial charge on any atom is 0.451 e. The number of halogens is 3. The van der Waals surface area contributed by atoms with Gasteiger partial charge in [-0.1, -0.05) is 24.3 Å². The Hall–Kier alpha value is -3.88. The Morgan fingerprint density at radius 2 is 1.83 bits per heavy atom. The molecule has 9 nitrogen and oxygen atoms in total. The standard InChI is InChI=1S/C29H36F3N7O2/c1-33-22-9-4-3-8-21(22)12-15-35-27(41)23-10-6-16-39(23)25-19-24(36-28(37-25)29(30,31)32)38-17-13-20(14-18-38)7-5-11-26(40)34-2/h3-4,8-9,19-20,23H,5-7,10-18H2,2H3,(H,34,40)(H,35,41)/t23-/m0/s1. The molecule has 2 fully saturated rings. The van der Waals surface area contributed by atoms with Crippen LogP contribution in [0.15, 0.2) is 30.3 Å². The van der Waals surface area contributed by atoms with Crippen molar-refractivity contribution in [2.75, 3.05) is 43.0 Å². The smallest absolute Gasteiger partial charge is 0.359 e. The number of aromatic nitrogens is 2. The quantitative estimate of drug-likeness (QED) is 0.408. The molecule has 41 heavy (non-hydrogen) atoms. The summed E-state index contributed by atoms with van der Waals surface area (Å²) in [6, 6.07) is 8.13. The average molecular weight is 572 g/mol. The van der Waals surface area contributed by atoms with Crippen LogP contribution < -0.4 is 20.4 Å². The number of alkyl halides is 3. The summed E-state index contributed by atoms with van der Waals surface area (Å²) in [6.07, 6.45) is 0.682. The molecule has 3 heterocycles. The van der Waals surface area contributed by atoms with Gasteiger partial charge in [-0.3, -0.25) is 9.59 Å².